The summed E-state index contributed by atoms with van der Waals surface area (Å²) in [7, 11) is 0. The molecule has 17 heavy (non-hydrogen) atoms. The summed E-state index contributed by atoms with van der Waals surface area (Å²) in [4.78, 5) is 1.13. The molecule has 1 atom stereocenters. The van der Waals surface area contributed by atoms with E-state index in [4.69, 9.17) is 10.5 Å². The molecule has 0 spiro atoms. The zero-order chi connectivity index (χ0) is 12.3. The molecular weight excluding hydrogens is 237 g/mol. The Hall–Kier alpha value is -1.39. The Kier molecular flexibility index (Phi) is 3.76. The second kappa shape index (κ2) is 5.29. The lowest BCUT2D eigenvalue weighted by molar-refractivity contribution is 0.304. The zero-order valence-corrected chi connectivity index (χ0v) is 10.3. The number of thiophene rings is 1. The van der Waals surface area contributed by atoms with Crippen LogP contribution in [0.3, 0.4) is 0 Å². The minimum absolute atomic E-state index is 0.246. The maximum atomic E-state index is 13.1. The summed E-state index contributed by atoms with van der Waals surface area (Å²) >= 11 is 1.63. The first kappa shape index (κ1) is 12.1. The van der Waals surface area contributed by atoms with Crippen LogP contribution in [0.2, 0.25) is 0 Å². The second-order valence-corrected chi connectivity index (χ2v) is 4.87. The fraction of sp³-hybridized carbons (Fsp3) is 0.231. The van der Waals surface area contributed by atoms with E-state index in [1.807, 2.05) is 24.4 Å². The number of rotatable bonds is 4. The van der Waals surface area contributed by atoms with Crippen LogP contribution in [-0.4, -0.2) is 0 Å². The Labute approximate surface area is 104 Å². The first-order chi connectivity index (χ1) is 8.16. The van der Waals surface area contributed by atoms with Crippen LogP contribution in [0, 0.1) is 5.82 Å². The van der Waals surface area contributed by atoms with Gasteiger partial charge in [-0.05, 0) is 36.6 Å². The first-order valence-electron chi connectivity index (χ1n) is 5.37. The highest BCUT2D eigenvalue weighted by molar-refractivity contribution is 7.09. The van der Waals surface area contributed by atoms with Crippen molar-refractivity contribution < 1.29 is 9.13 Å². The maximum Gasteiger partial charge on any atom is 0.124 e. The monoisotopic (exact) mass is 251 g/mol. The number of benzene rings is 1. The van der Waals surface area contributed by atoms with Crippen molar-refractivity contribution in [2.24, 2.45) is 5.73 Å². The zero-order valence-electron chi connectivity index (χ0n) is 9.52. The van der Waals surface area contributed by atoms with Crippen molar-refractivity contribution in [3.63, 3.8) is 0 Å². The van der Waals surface area contributed by atoms with Crippen molar-refractivity contribution in [2.75, 3.05) is 0 Å². The average molecular weight is 251 g/mol. The third-order valence-corrected chi connectivity index (χ3v) is 3.26. The Morgan fingerprint density at radius 3 is 2.88 bits per heavy atom. The van der Waals surface area contributed by atoms with Gasteiger partial charge in [0.15, 0.2) is 0 Å². The third-order valence-electron chi connectivity index (χ3n) is 2.41. The van der Waals surface area contributed by atoms with Crippen molar-refractivity contribution in [3.05, 3.63) is 52.0 Å². The van der Waals surface area contributed by atoms with Gasteiger partial charge in [-0.25, -0.2) is 4.39 Å². The van der Waals surface area contributed by atoms with E-state index in [-0.39, 0.29) is 11.9 Å². The van der Waals surface area contributed by atoms with Crippen LogP contribution in [0.4, 0.5) is 4.39 Å². The number of hydrogen-bond donors (Lipinski definition) is 1. The molecule has 1 heterocycles. The Bertz CT molecular complexity index is 482. The summed E-state index contributed by atoms with van der Waals surface area (Å²) in [6.07, 6.45) is 0. The van der Waals surface area contributed by atoms with Crippen molar-refractivity contribution in [1.82, 2.24) is 0 Å². The molecule has 0 unspecified atom stereocenters. The van der Waals surface area contributed by atoms with Gasteiger partial charge in [0.25, 0.3) is 0 Å². The Morgan fingerprint density at radius 2 is 2.24 bits per heavy atom. The molecule has 0 saturated carbocycles. The topological polar surface area (TPSA) is 35.2 Å². The summed E-state index contributed by atoms with van der Waals surface area (Å²) in [5, 5.41) is 2.00. The lowest BCUT2D eigenvalue weighted by atomic mass is 10.1. The second-order valence-electron chi connectivity index (χ2n) is 3.84. The maximum absolute atomic E-state index is 13.1. The predicted molar refractivity (Wildman–Crippen MR) is 67.7 cm³/mol. The number of halogens is 1. The van der Waals surface area contributed by atoms with E-state index in [0.717, 1.165) is 4.88 Å². The van der Waals surface area contributed by atoms with Gasteiger partial charge < -0.3 is 10.5 Å². The van der Waals surface area contributed by atoms with Crippen LogP contribution in [0.1, 0.15) is 23.4 Å². The van der Waals surface area contributed by atoms with Crippen LogP contribution < -0.4 is 10.5 Å². The molecule has 0 aliphatic heterocycles. The number of nitrogens with two attached hydrogens (primary N) is 1. The van der Waals surface area contributed by atoms with E-state index in [1.54, 1.807) is 17.4 Å². The summed E-state index contributed by atoms with van der Waals surface area (Å²) < 4.78 is 18.8. The van der Waals surface area contributed by atoms with Gasteiger partial charge in [0.2, 0.25) is 0 Å². The predicted octanol–water partition coefficient (Wildman–Crippen LogP) is 3.49. The van der Waals surface area contributed by atoms with Crippen molar-refractivity contribution >= 4 is 11.3 Å². The van der Waals surface area contributed by atoms with Gasteiger partial charge in [-0.1, -0.05) is 6.07 Å². The smallest absolute Gasteiger partial charge is 0.124 e. The van der Waals surface area contributed by atoms with Gasteiger partial charge in [-0.3, -0.25) is 0 Å². The van der Waals surface area contributed by atoms with E-state index in [0.29, 0.717) is 17.9 Å². The van der Waals surface area contributed by atoms with E-state index in [2.05, 4.69) is 0 Å². The molecule has 0 radical (unpaired) electrons. The molecule has 4 heteroatoms. The molecule has 2 N–H and O–H groups in total. The highest BCUT2D eigenvalue weighted by Crippen LogP contribution is 2.26. The molecule has 0 aliphatic rings. The molecular formula is C13H14FNOS. The van der Waals surface area contributed by atoms with E-state index in [1.165, 1.54) is 12.1 Å². The Morgan fingerprint density at radius 1 is 1.41 bits per heavy atom. The van der Waals surface area contributed by atoms with Gasteiger partial charge in [-0.15, -0.1) is 11.3 Å². The molecule has 0 bridgehead atoms. The fourth-order valence-electron chi connectivity index (χ4n) is 1.55. The van der Waals surface area contributed by atoms with Crippen LogP contribution in [0.25, 0.3) is 0 Å². The van der Waals surface area contributed by atoms with E-state index in [9.17, 15) is 4.39 Å². The molecule has 90 valence electrons. The van der Waals surface area contributed by atoms with Gasteiger partial charge in [-0.2, -0.15) is 0 Å². The van der Waals surface area contributed by atoms with Crippen LogP contribution in [0.5, 0.6) is 5.75 Å². The van der Waals surface area contributed by atoms with Crippen LogP contribution in [0.15, 0.2) is 35.7 Å². The molecule has 1 aromatic heterocycles. The van der Waals surface area contributed by atoms with Gasteiger partial charge in [0.1, 0.15) is 18.2 Å². The molecule has 0 amide bonds. The minimum Gasteiger partial charge on any atom is -0.488 e. The molecule has 2 nitrogen and oxygen atoms in total. The third kappa shape index (κ3) is 3.05. The average Bonchev–Trinajstić information content (AvgIpc) is 2.80. The summed E-state index contributed by atoms with van der Waals surface area (Å²) in [5.74, 6) is 0.357. The summed E-state index contributed by atoms with van der Waals surface area (Å²) in [6, 6.07) is 8.16. The molecule has 2 rings (SSSR count). The lowest BCUT2D eigenvalue weighted by Gasteiger charge is -2.13. The lowest BCUT2D eigenvalue weighted by Crippen LogP contribution is -2.08. The highest BCUT2D eigenvalue weighted by Gasteiger charge is 2.09. The van der Waals surface area contributed by atoms with Crippen molar-refractivity contribution in [3.8, 4) is 5.75 Å². The van der Waals surface area contributed by atoms with Gasteiger partial charge in [0, 0.05) is 16.5 Å². The fourth-order valence-corrected chi connectivity index (χ4v) is 2.17. The SMILES string of the molecule is C[C@H](N)c1cc(F)ccc1OCc1cccs1. The molecule has 0 aliphatic carbocycles. The summed E-state index contributed by atoms with van der Waals surface area (Å²) in [5.41, 5.74) is 6.48. The van der Waals surface area contributed by atoms with Crippen molar-refractivity contribution in [1.29, 1.82) is 0 Å². The van der Waals surface area contributed by atoms with Crippen LogP contribution >= 0.6 is 11.3 Å². The quantitative estimate of drug-likeness (QED) is 0.902. The van der Waals surface area contributed by atoms with Gasteiger partial charge in [0.05, 0.1) is 0 Å². The van der Waals surface area contributed by atoms with E-state index < -0.39 is 0 Å². The standard InChI is InChI=1S/C13H14FNOS/c1-9(15)12-7-10(14)4-5-13(12)16-8-11-3-2-6-17-11/h2-7,9H,8,15H2,1H3/t9-/m0/s1. The normalized spacial score (nSPS) is 12.4. The van der Waals surface area contributed by atoms with Crippen molar-refractivity contribution in [2.45, 2.75) is 19.6 Å². The largest absolute Gasteiger partial charge is 0.488 e. The van der Waals surface area contributed by atoms with Crippen LogP contribution in [-0.2, 0) is 6.61 Å². The molecule has 2 aromatic rings. The Balaban J connectivity index is 2.14. The van der Waals surface area contributed by atoms with E-state index >= 15 is 0 Å². The molecule has 0 saturated heterocycles. The minimum atomic E-state index is -0.291. The summed E-state index contributed by atoms with van der Waals surface area (Å²) in [6.45, 7) is 2.30. The highest BCUT2D eigenvalue weighted by atomic mass is 32.1. The molecule has 0 fully saturated rings. The molecule has 1 aromatic carbocycles. The van der Waals surface area contributed by atoms with Gasteiger partial charge >= 0.3 is 0 Å². The number of hydrogen-bond acceptors (Lipinski definition) is 3. The number of ether oxygens (including phenoxy) is 1. The first-order valence-corrected chi connectivity index (χ1v) is 6.25.